The Balaban J connectivity index is 2.41. The van der Waals surface area contributed by atoms with Crippen molar-refractivity contribution in [3.63, 3.8) is 0 Å². The van der Waals surface area contributed by atoms with Crippen LogP contribution in [0.4, 0.5) is 0 Å². The molecule has 1 N–H and O–H groups in total. The molecule has 18 heavy (non-hydrogen) atoms. The van der Waals surface area contributed by atoms with E-state index in [9.17, 15) is 0 Å². The van der Waals surface area contributed by atoms with Crippen LogP contribution in [-0.4, -0.2) is 13.7 Å². The zero-order valence-electron chi connectivity index (χ0n) is 11.1. The highest BCUT2D eigenvalue weighted by atomic mass is 16.5. The van der Waals surface area contributed by atoms with Gasteiger partial charge in [-0.3, -0.25) is 0 Å². The predicted molar refractivity (Wildman–Crippen MR) is 72.0 cm³/mol. The minimum atomic E-state index is 0.101. The van der Waals surface area contributed by atoms with Crippen molar-refractivity contribution in [3.05, 3.63) is 53.5 Å². The van der Waals surface area contributed by atoms with E-state index in [1.54, 1.807) is 13.4 Å². The van der Waals surface area contributed by atoms with Crippen LogP contribution in [0.25, 0.3) is 0 Å². The van der Waals surface area contributed by atoms with Crippen molar-refractivity contribution in [2.45, 2.75) is 19.9 Å². The van der Waals surface area contributed by atoms with Gasteiger partial charge < -0.3 is 14.5 Å². The number of methoxy groups -OCH3 is 1. The zero-order chi connectivity index (χ0) is 13.0. The van der Waals surface area contributed by atoms with Crippen molar-refractivity contribution in [2.75, 3.05) is 13.7 Å². The van der Waals surface area contributed by atoms with E-state index in [4.69, 9.17) is 9.15 Å². The molecule has 1 unspecified atom stereocenters. The Hall–Kier alpha value is -1.74. The third kappa shape index (κ3) is 2.57. The van der Waals surface area contributed by atoms with Crippen molar-refractivity contribution in [3.8, 4) is 5.75 Å². The van der Waals surface area contributed by atoms with Gasteiger partial charge in [0.05, 0.1) is 19.4 Å². The third-order valence-corrected chi connectivity index (χ3v) is 2.94. The van der Waals surface area contributed by atoms with E-state index in [2.05, 4.69) is 24.4 Å². The Morgan fingerprint density at radius 2 is 2.11 bits per heavy atom. The summed E-state index contributed by atoms with van der Waals surface area (Å²) in [5, 5.41) is 3.46. The lowest BCUT2D eigenvalue weighted by molar-refractivity contribution is 0.404. The van der Waals surface area contributed by atoms with Gasteiger partial charge in [-0.15, -0.1) is 0 Å². The first-order valence-electron chi connectivity index (χ1n) is 6.17. The topological polar surface area (TPSA) is 34.4 Å². The fourth-order valence-electron chi connectivity index (χ4n) is 2.13. The minimum Gasteiger partial charge on any atom is -0.496 e. The molecule has 3 heteroatoms. The number of benzene rings is 1. The second-order valence-electron chi connectivity index (χ2n) is 4.22. The average Bonchev–Trinajstić information content (AvgIpc) is 2.82. The maximum Gasteiger partial charge on any atom is 0.123 e. The van der Waals surface area contributed by atoms with E-state index in [1.807, 2.05) is 25.1 Å². The molecule has 1 aromatic carbocycles. The molecule has 0 fully saturated rings. The van der Waals surface area contributed by atoms with Crippen molar-refractivity contribution in [1.82, 2.24) is 5.32 Å². The first kappa shape index (κ1) is 12.7. The summed E-state index contributed by atoms with van der Waals surface area (Å²) < 4.78 is 10.8. The van der Waals surface area contributed by atoms with Crippen LogP contribution in [0, 0.1) is 6.92 Å². The van der Waals surface area contributed by atoms with Crippen molar-refractivity contribution >= 4 is 0 Å². The summed E-state index contributed by atoms with van der Waals surface area (Å²) in [7, 11) is 1.70. The van der Waals surface area contributed by atoms with Crippen molar-refractivity contribution in [2.24, 2.45) is 0 Å². The van der Waals surface area contributed by atoms with Gasteiger partial charge >= 0.3 is 0 Å². The van der Waals surface area contributed by atoms with Crippen LogP contribution in [0.5, 0.6) is 5.75 Å². The summed E-state index contributed by atoms with van der Waals surface area (Å²) in [5.41, 5.74) is 2.25. The largest absolute Gasteiger partial charge is 0.496 e. The van der Waals surface area contributed by atoms with E-state index in [0.717, 1.165) is 29.2 Å². The molecule has 96 valence electrons. The molecule has 0 saturated carbocycles. The Morgan fingerprint density at radius 1 is 1.33 bits per heavy atom. The van der Waals surface area contributed by atoms with Crippen molar-refractivity contribution < 1.29 is 9.15 Å². The number of para-hydroxylation sites is 1. The molecule has 0 bridgehead atoms. The molecule has 1 aromatic heterocycles. The van der Waals surface area contributed by atoms with Gasteiger partial charge in [-0.1, -0.05) is 25.1 Å². The van der Waals surface area contributed by atoms with Gasteiger partial charge in [0.2, 0.25) is 0 Å². The highest BCUT2D eigenvalue weighted by Gasteiger charge is 2.18. The lowest BCUT2D eigenvalue weighted by Crippen LogP contribution is -2.22. The highest BCUT2D eigenvalue weighted by Crippen LogP contribution is 2.30. The van der Waals surface area contributed by atoms with E-state index in [0.29, 0.717) is 0 Å². The fraction of sp³-hybridized carbons (Fsp3) is 0.333. The monoisotopic (exact) mass is 245 g/mol. The summed E-state index contributed by atoms with van der Waals surface area (Å²) in [6, 6.07) is 10.2. The van der Waals surface area contributed by atoms with Gasteiger partial charge in [0.1, 0.15) is 11.5 Å². The smallest absolute Gasteiger partial charge is 0.123 e. The van der Waals surface area contributed by atoms with Crippen LogP contribution in [0.2, 0.25) is 0 Å². The lowest BCUT2D eigenvalue weighted by Gasteiger charge is -2.19. The standard InChI is InChI=1S/C15H19NO2/c1-4-16-15(12-9-11(2)18-10-12)13-7-5-6-8-14(13)17-3/h5-10,15-16H,4H2,1-3H3. The molecule has 2 rings (SSSR count). The predicted octanol–water partition coefficient (Wildman–Crippen LogP) is 3.30. The minimum absolute atomic E-state index is 0.101. The molecule has 0 saturated heterocycles. The summed E-state index contributed by atoms with van der Waals surface area (Å²) in [5.74, 6) is 1.81. The number of ether oxygens (including phenoxy) is 1. The van der Waals surface area contributed by atoms with Crippen LogP contribution in [-0.2, 0) is 0 Å². The average molecular weight is 245 g/mol. The molecule has 2 aromatic rings. The Bertz CT molecular complexity index is 505. The Kier molecular flexibility index (Phi) is 4.05. The Labute approximate surface area is 108 Å². The maximum atomic E-state index is 5.43. The summed E-state index contributed by atoms with van der Waals surface area (Å²) in [4.78, 5) is 0. The number of rotatable bonds is 5. The zero-order valence-corrected chi connectivity index (χ0v) is 11.1. The third-order valence-electron chi connectivity index (χ3n) is 2.94. The SMILES string of the molecule is CCNC(c1coc(C)c1)c1ccccc1OC. The summed E-state index contributed by atoms with van der Waals surface area (Å²) in [6.07, 6.45) is 1.80. The van der Waals surface area contributed by atoms with Gasteiger partial charge in [0.15, 0.2) is 0 Å². The van der Waals surface area contributed by atoms with Gasteiger partial charge in [0.25, 0.3) is 0 Å². The molecule has 1 heterocycles. The number of aryl methyl sites for hydroxylation is 1. The van der Waals surface area contributed by atoms with Crippen molar-refractivity contribution in [1.29, 1.82) is 0 Å². The maximum absolute atomic E-state index is 5.43. The van der Waals surface area contributed by atoms with Gasteiger partial charge in [-0.25, -0.2) is 0 Å². The number of hydrogen-bond acceptors (Lipinski definition) is 3. The number of hydrogen-bond donors (Lipinski definition) is 1. The molecular formula is C15H19NO2. The molecule has 1 atom stereocenters. The van der Waals surface area contributed by atoms with Crippen LogP contribution in [0.1, 0.15) is 29.9 Å². The fourth-order valence-corrected chi connectivity index (χ4v) is 2.13. The van der Waals surface area contributed by atoms with E-state index >= 15 is 0 Å². The second-order valence-corrected chi connectivity index (χ2v) is 4.22. The van der Waals surface area contributed by atoms with Crippen LogP contribution in [0.3, 0.4) is 0 Å². The molecule has 0 aliphatic carbocycles. The highest BCUT2D eigenvalue weighted by molar-refractivity contribution is 5.41. The first-order chi connectivity index (χ1) is 8.76. The lowest BCUT2D eigenvalue weighted by atomic mass is 10.00. The van der Waals surface area contributed by atoms with Gasteiger partial charge in [-0.2, -0.15) is 0 Å². The summed E-state index contributed by atoms with van der Waals surface area (Å²) >= 11 is 0. The number of furan rings is 1. The molecular weight excluding hydrogens is 226 g/mol. The molecule has 0 spiro atoms. The van der Waals surface area contributed by atoms with E-state index in [1.165, 1.54) is 0 Å². The van der Waals surface area contributed by atoms with Crippen LogP contribution in [0.15, 0.2) is 41.0 Å². The summed E-state index contributed by atoms with van der Waals surface area (Å²) in [6.45, 7) is 4.93. The van der Waals surface area contributed by atoms with Gasteiger partial charge in [-0.05, 0) is 25.6 Å². The molecule has 3 nitrogen and oxygen atoms in total. The number of nitrogens with one attached hydrogen (secondary N) is 1. The molecule has 0 radical (unpaired) electrons. The molecule has 0 amide bonds. The molecule has 0 aliphatic rings. The van der Waals surface area contributed by atoms with Gasteiger partial charge in [0, 0.05) is 11.1 Å². The Morgan fingerprint density at radius 3 is 2.72 bits per heavy atom. The second kappa shape index (κ2) is 5.74. The van der Waals surface area contributed by atoms with E-state index < -0.39 is 0 Å². The first-order valence-corrected chi connectivity index (χ1v) is 6.17. The molecule has 0 aliphatic heterocycles. The van der Waals surface area contributed by atoms with Crippen LogP contribution < -0.4 is 10.1 Å². The van der Waals surface area contributed by atoms with E-state index in [-0.39, 0.29) is 6.04 Å². The quantitative estimate of drug-likeness (QED) is 0.877. The van der Waals surface area contributed by atoms with Crippen LogP contribution >= 0.6 is 0 Å². The normalized spacial score (nSPS) is 12.4.